The molecule has 1 N–H and O–H groups in total. The maximum absolute atomic E-state index is 6.04. The van der Waals surface area contributed by atoms with Crippen molar-refractivity contribution in [2.75, 3.05) is 7.11 Å². The smallest absolute Gasteiger partial charge is 0.123 e. The maximum atomic E-state index is 6.04. The molecule has 0 aromatic heterocycles. The van der Waals surface area contributed by atoms with Gasteiger partial charge in [0.15, 0.2) is 0 Å². The number of halogens is 1. The van der Waals surface area contributed by atoms with Crippen molar-refractivity contribution in [1.82, 2.24) is 5.32 Å². The number of methoxy groups -OCH3 is 1. The minimum atomic E-state index is 0.195. The largest absolute Gasteiger partial charge is 0.496 e. The van der Waals surface area contributed by atoms with Gasteiger partial charge in [0, 0.05) is 22.7 Å². The number of hydrogen-bond donors (Lipinski definition) is 1. The molecule has 2 rings (SSSR count). The molecule has 0 fully saturated rings. The highest BCUT2D eigenvalue weighted by Crippen LogP contribution is 2.27. The highest BCUT2D eigenvalue weighted by molar-refractivity contribution is 6.30. The van der Waals surface area contributed by atoms with Gasteiger partial charge < -0.3 is 10.1 Å². The van der Waals surface area contributed by atoms with Gasteiger partial charge in [-0.15, -0.1) is 0 Å². The second kappa shape index (κ2) is 6.78. The zero-order valence-electron chi connectivity index (χ0n) is 12.1. The van der Waals surface area contributed by atoms with Crippen LogP contribution < -0.4 is 10.1 Å². The number of benzene rings is 2. The normalized spacial score (nSPS) is 13.8. The van der Waals surface area contributed by atoms with E-state index in [1.165, 1.54) is 5.56 Å². The fourth-order valence-corrected chi connectivity index (χ4v) is 2.56. The van der Waals surface area contributed by atoms with Crippen molar-refractivity contribution in [1.29, 1.82) is 0 Å². The minimum absolute atomic E-state index is 0.195. The lowest BCUT2D eigenvalue weighted by molar-refractivity contribution is 0.396. The van der Waals surface area contributed by atoms with E-state index in [-0.39, 0.29) is 12.1 Å². The van der Waals surface area contributed by atoms with Crippen molar-refractivity contribution in [2.45, 2.75) is 25.9 Å². The molecule has 20 heavy (non-hydrogen) atoms. The number of rotatable bonds is 5. The number of ether oxygens (including phenoxy) is 1. The third-order valence-corrected chi connectivity index (χ3v) is 3.69. The van der Waals surface area contributed by atoms with Crippen LogP contribution >= 0.6 is 11.6 Å². The van der Waals surface area contributed by atoms with E-state index < -0.39 is 0 Å². The van der Waals surface area contributed by atoms with Gasteiger partial charge in [-0.05, 0) is 37.6 Å². The summed E-state index contributed by atoms with van der Waals surface area (Å²) in [6, 6.07) is 16.4. The Morgan fingerprint density at radius 2 is 1.75 bits per heavy atom. The van der Waals surface area contributed by atoms with Crippen LogP contribution in [0.2, 0.25) is 5.02 Å². The molecule has 0 aliphatic rings. The summed E-state index contributed by atoms with van der Waals surface area (Å²) in [4.78, 5) is 0. The molecule has 2 atom stereocenters. The topological polar surface area (TPSA) is 21.3 Å². The summed E-state index contributed by atoms with van der Waals surface area (Å²) in [5.74, 6) is 0.908. The predicted molar refractivity (Wildman–Crippen MR) is 84.4 cm³/mol. The maximum Gasteiger partial charge on any atom is 0.123 e. The lowest BCUT2D eigenvalue weighted by Gasteiger charge is -2.22. The molecular formula is C17H20ClNO. The average Bonchev–Trinajstić information content (AvgIpc) is 2.47. The third-order valence-electron chi connectivity index (χ3n) is 3.45. The second-order valence-corrected chi connectivity index (χ2v) is 5.34. The Morgan fingerprint density at radius 3 is 2.45 bits per heavy atom. The molecule has 0 amide bonds. The van der Waals surface area contributed by atoms with Crippen LogP contribution in [0.3, 0.4) is 0 Å². The van der Waals surface area contributed by atoms with E-state index in [9.17, 15) is 0 Å². The zero-order valence-corrected chi connectivity index (χ0v) is 12.8. The van der Waals surface area contributed by atoms with Crippen molar-refractivity contribution in [2.24, 2.45) is 0 Å². The van der Waals surface area contributed by atoms with E-state index in [0.717, 1.165) is 16.3 Å². The van der Waals surface area contributed by atoms with E-state index >= 15 is 0 Å². The lowest BCUT2D eigenvalue weighted by atomic mass is 10.0. The molecule has 0 bridgehead atoms. The zero-order chi connectivity index (χ0) is 14.5. The van der Waals surface area contributed by atoms with Gasteiger partial charge in [-0.25, -0.2) is 0 Å². The van der Waals surface area contributed by atoms with Crippen LogP contribution in [0.1, 0.15) is 37.1 Å². The molecule has 2 aromatic rings. The highest BCUT2D eigenvalue weighted by atomic mass is 35.5. The standard InChI is InChI=1S/C17H20ClNO/c1-12(14-7-6-8-15(18)11-14)19-13(2)16-9-4-5-10-17(16)20-3/h4-13,19H,1-3H3/t12-,13?/m0/s1. The van der Waals surface area contributed by atoms with Crippen molar-refractivity contribution in [3.8, 4) is 5.75 Å². The fourth-order valence-electron chi connectivity index (χ4n) is 2.36. The fraction of sp³-hybridized carbons (Fsp3) is 0.294. The highest BCUT2D eigenvalue weighted by Gasteiger charge is 2.14. The van der Waals surface area contributed by atoms with Gasteiger partial charge in [0.05, 0.1) is 7.11 Å². The van der Waals surface area contributed by atoms with Gasteiger partial charge in [-0.2, -0.15) is 0 Å². The summed E-state index contributed by atoms with van der Waals surface area (Å²) in [6.07, 6.45) is 0. The van der Waals surface area contributed by atoms with Crippen LogP contribution in [0, 0.1) is 0 Å². The van der Waals surface area contributed by atoms with Crippen LogP contribution in [0.4, 0.5) is 0 Å². The second-order valence-electron chi connectivity index (χ2n) is 4.91. The summed E-state index contributed by atoms with van der Waals surface area (Å²) >= 11 is 6.04. The van der Waals surface area contributed by atoms with Crippen LogP contribution in [0.25, 0.3) is 0 Å². The van der Waals surface area contributed by atoms with E-state index in [1.54, 1.807) is 7.11 Å². The SMILES string of the molecule is COc1ccccc1C(C)N[C@@H](C)c1cccc(Cl)c1. The van der Waals surface area contributed by atoms with E-state index in [1.807, 2.05) is 36.4 Å². The van der Waals surface area contributed by atoms with Crippen molar-refractivity contribution in [3.05, 3.63) is 64.7 Å². The van der Waals surface area contributed by atoms with Gasteiger partial charge in [0.1, 0.15) is 5.75 Å². The van der Waals surface area contributed by atoms with Gasteiger partial charge >= 0.3 is 0 Å². The Bertz CT molecular complexity index is 570. The summed E-state index contributed by atoms with van der Waals surface area (Å²) in [7, 11) is 1.70. The molecule has 0 spiro atoms. The van der Waals surface area contributed by atoms with Crippen LogP contribution in [-0.4, -0.2) is 7.11 Å². The molecule has 0 radical (unpaired) electrons. The van der Waals surface area contributed by atoms with Gasteiger partial charge in [0.25, 0.3) is 0 Å². The molecule has 2 aromatic carbocycles. The molecule has 3 heteroatoms. The molecule has 0 aliphatic heterocycles. The first kappa shape index (κ1) is 14.9. The van der Waals surface area contributed by atoms with Crippen LogP contribution in [-0.2, 0) is 0 Å². The molecule has 0 heterocycles. The van der Waals surface area contributed by atoms with Crippen LogP contribution in [0.5, 0.6) is 5.75 Å². The van der Waals surface area contributed by atoms with Crippen molar-refractivity contribution >= 4 is 11.6 Å². The molecule has 0 saturated heterocycles. The Hall–Kier alpha value is -1.51. The number of para-hydroxylation sites is 1. The minimum Gasteiger partial charge on any atom is -0.496 e. The third kappa shape index (κ3) is 3.53. The van der Waals surface area contributed by atoms with Gasteiger partial charge in [-0.3, -0.25) is 0 Å². The summed E-state index contributed by atoms with van der Waals surface area (Å²) in [6.45, 7) is 4.27. The number of hydrogen-bond acceptors (Lipinski definition) is 2. The summed E-state index contributed by atoms with van der Waals surface area (Å²) in [5.41, 5.74) is 2.34. The summed E-state index contributed by atoms with van der Waals surface area (Å²) < 4.78 is 5.41. The van der Waals surface area contributed by atoms with E-state index in [4.69, 9.17) is 16.3 Å². The first-order chi connectivity index (χ1) is 9.61. The summed E-state index contributed by atoms with van der Waals surface area (Å²) in [5, 5.41) is 4.34. The Labute approximate surface area is 125 Å². The van der Waals surface area contributed by atoms with E-state index in [2.05, 4.69) is 31.3 Å². The van der Waals surface area contributed by atoms with Crippen molar-refractivity contribution in [3.63, 3.8) is 0 Å². The van der Waals surface area contributed by atoms with Crippen molar-refractivity contribution < 1.29 is 4.74 Å². The molecule has 0 saturated carbocycles. The molecule has 1 unspecified atom stereocenters. The Balaban J connectivity index is 2.13. The molecular weight excluding hydrogens is 270 g/mol. The molecule has 2 nitrogen and oxygen atoms in total. The average molecular weight is 290 g/mol. The monoisotopic (exact) mass is 289 g/mol. The Morgan fingerprint density at radius 1 is 1.00 bits per heavy atom. The predicted octanol–water partition coefficient (Wildman–Crippen LogP) is 4.76. The molecule has 106 valence electrons. The van der Waals surface area contributed by atoms with E-state index in [0.29, 0.717) is 0 Å². The van der Waals surface area contributed by atoms with Gasteiger partial charge in [0.2, 0.25) is 0 Å². The first-order valence-electron chi connectivity index (χ1n) is 6.76. The number of nitrogens with one attached hydrogen (secondary N) is 1. The first-order valence-corrected chi connectivity index (χ1v) is 7.14. The van der Waals surface area contributed by atoms with Crippen LogP contribution in [0.15, 0.2) is 48.5 Å². The Kier molecular flexibility index (Phi) is 5.05. The van der Waals surface area contributed by atoms with Gasteiger partial charge in [-0.1, -0.05) is 41.9 Å². The quantitative estimate of drug-likeness (QED) is 0.857. The lowest BCUT2D eigenvalue weighted by Crippen LogP contribution is -2.22. The molecule has 0 aliphatic carbocycles.